The molecule has 0 amide bonds. The normalized spacial score (nSPS) is 14.3. The van der Waals surface area contributed by atoms with Crippen LogP contribution in [0, 0.1) is 6.92 Å². The van der Waals surface area contributed by atoms with Crippen molar-refractivity contribution in [2.45, 2.75) is 20.3 Å². The third-order valence-electron chi connectivity index (χ3n) is 4.11. The van der Waals surface area contributed by atoms with Crippen molar-refractivity contribution in [1.29, 1.82) is 0 Å². The highest BCUT2D eigenvalue weighted by molar-refractivity contribution is 9.10. The van der Waals surface area contributed by atoms with E-state index in [9.17, 15) is 9.59 Å². The fourth-order valence-electron chi connectivity index (χ4n) is 2.84. The maximum Gasteiger partial charge on any atom is 0.190 e. The van der Waals surface area contributed by atoms with E-state index in [0.29, 0.717) is 28.7 Å². The summed E-state index contributed by atoms with van der Waals surface area (Å²) in [5.41, 5.74) is 4.14. The van der Waals surface area contributed by atoms with E-state index in [1.54, 1.807) is 13.0 Å². The number of ketones is 2. The van der Waals surface area contributed by atoms with E-state index in [0.717, 1.165) is 15.6 Å². The van der Waals surface area contributed by atoms with E-state index in [4.69, 9.17) is 0 Å². The van der Waals surface area contributed by atoms with Crippen LogP contribution >= 0.6 is 15.9 Å². The number of halogens is 1. The zero-order valence-electron chi connectivity index (χ0n) is 12.4. The van der Waals surface area contributed by atoms with E-state index >= 15 is 0 Å². The quantitative estimate of drug-likeness (QED) is 0.783. The molecular formula is C19H15BrO2. The van der Waals surface area contributed by atoms with Gasteiger partial charge in [-0.3, -0.25) is 9.59 Å². The van der Waals surface area contributed by atoms with Crippen LogP contribution in [0.5, 0.6) is 0 Å². The fourth-order valence-corrected chi connectivity index (χ4v) is 3.10. The van der Waals surface area contributed by atoms with Gasteiger partial charge in [0, 0.05) is 33.2 Å². The number of Topliss-reactive ketones (excluding diaryl/α,β-unsaturated/α-hetero) is 2. The Morgan fingerprint density at radius 2 is 1.59 bits per heavy atom. The SMILES string of the molecule is CC1=C(Cc2ccc(Br)cc2)C(=O)c2c(C)cccc2C1=O. The van der Waals surface area contributed by atoms with Gasteiger partial charge < -0.3 is 0 Å². The summed E-state index contributed by atoms with van der Waals surface area (Å²) < 4.78 is 0.995. The Labute approximate surface area is 138 Å². The smallest absolute Gasteiger partial charge is 0.190 e. The molecule has 0 spiro atoms. The first-order valence-electron chi connectivity index (χ1n) is 7.12. The molecule has 3 heteroatoms. The first-order chi connectivity index (χ1) is 10.5. The van der Waals surface area contributed by atoms with Gasteiger partial charge >= 0.3 is 0 Å². The molecule has 0 N–H and O–H groups in total. The van der Waals surface area contributed by atoms with Crippen LogP contribution in [0.4, 0.5) is 0 Å². The third kappa shape index (κ3) is 2.46. The van der Waals surface area contributed by atoms with Gasteiger partial charge in [0.15, 0.2) is 11.6 Å². The van der Waals surface area contributed by atoms with Crippen LogP contribution in [0.25, 0.3) is 0 Å². The number of aryl methyl sites for hydroxylation is 1. The van der Waals surface area contributed by atoms with Crippen LogP contribution in [0.2, 0.25) is 0 Å². The molecule has 0 saturated carbocycles. The molecule has 0 fully saturated rings. The zero-order chi connectivity index (χ0) is 15.9. The van der Waals surface area contributed by atoms with Crippen molar-refractivity contribution in [1.82, 2.24) is 0 Å². The molecule has 0 bridgehead atoms. The second kappa shape index (κ2) is 5.65. The van der Waals surface area contributed by atoms with Gasteiger partial charge in [0.25, 0.3) is 0 Å². The van der Waals surface area contributed by atoms with Crippen molar-refractivity contribution >= 4 is 27.5 Å². The molecule has 3 rings (SSSR count). The summed E-state index contributed by atoms with van der Waals surface area (Å²) in [5, 5.41) is 0. The summed E-state index contributed by atoms with van der Waals surface area (Å²) in [6, 6.07) is 13.3. The lowest BCUT2D eigenvalue weighted by Gasteiger charge is -2.20. The molecule has 0 radical (unpaired) electrons. The Balaban J connectivity index is 2.06. The molecule has 1 aliphatic carbocycles. The topological polar surface area (TPSA) is 34.1 Å². The molecule has 0 saturated heterocycles. The van der Waals surface area contributed by atoms with Gasteiger partial charge in [-0.1, -0.05) is 46.3 Å². The molecule has 0 aliphatic heterocycles. The highest BCUT2D eigenvalue weighted by Crippen LogP contribution is 2.30. The van der Waals surface area contributed by atoms with E-state index < -0.39 is 0 Å². The molecule has 22 heavy (non-hydrogen) atoms. The van der Waals surface area contributed by atoms with Crippen LogP contribution in [-0.4, -0.2) is 11.6 Å². The molecule has 2 aromatic carbocycles. The number of benzene rings is 2. The Hall–Kier alpha value is -2.00. The maximum atomic E-state index is 12.8. The van der Waals surface area contributed by atoms with Crippen LogP contribution < -0.4 is 0 Å². The van der Waals surface area contributed by atoms with Gasteiger partial charge in [0.05, 0.1) is 0 Å². The maximum absolute atomic E-state index is 12.8. The number of rotatable bonds is 2. The lowest BCUT2D eigenvalue weighted by Crippen LogP contribution is -2.23. The van der Waals surface area contributed by atoms with Crippen molar-refractivity contribution in [3.8, 4) is 0 Å². The molecule has 2 aromatic rings. The summed E-state index contributed by atoms with van der Waals surface area (Å²) in [6.07, 6.45) is 0.484. The summed E-state index contributed by atoms with van der Waals surface area (Å²) in [5.74, 6) is -0.0569. The van der Waals surface area contributed by atoms with E-state index in [1.807, 2.05) is 43.3 Å². The largest absolute Gasteiger partial charge is 0.289 e. The Morgan fingerprint density at radius 3 is 2.27 bits per heavy atom. The average Bonchev–Trinajstić information content (AvgIpc) is 2.51. The standard InChI is InChI=1S/C19H15BrO2/c1-11-4-3-5-15-17(11)19(22)16(12(2)18(15)21)10-13-6-8-14(20)9-7-13/h3-9H,10H2,1-2H3. The van der Waals surface area contributed by atoms with E-state index in [-0.39, 0.29) is 11.6 Å². The van der Waals surface area contributed by atoms with Crippen LogP contribution in [0.15, 0.2) is 58.1 Å². The predicted octanol–water partition coefficient (Wildman–Crippen LogP) is 4.70. The number of fused-ring (bicyclic) bond motifs is 1. The minimum absolute atomic E-state index is 0.0203. The first-order valence-corrected chi connectivity index (χ1v) is 7.91. The second-order valence-electron chi connectivity index (χ2n) is 5.56. The summed E-state index contributed by atoms with van der Waals surface area (Å²) in [6.45, 7) is 3.63. The summed E-state index contributed by atoms with van der Waals surface area (Å²) >= 11 is 3.40. The molecule has 0 aromatic heterocycles. The highest BCUT2D eigenvalue weighted by Gasteiger charge is 2.30. The van der Waals surface area contributed by atoms with Gasteiger partial charge in [-0.25, -0.2) is 0 Å². The number of carbonyl (C=O) groups excluding carboxylic acids is 2. The molecule has 0 unspecified atom stereocenters. The average molecular weight is 355 g/mol. The Kier molecular flexibility index (Phi) is 3.83. The lowest BCUT2D eigenvalue weighted by molar-refractivity contribution is 0.0972. The molecule has 2 nitrogen and oxygen atoms in total. The van der Waals surface area contributed by atoms with Crippen molar-refractivity contribution < 1.29 is 9.59 Å². The monoisotopic (exact) mass is 354 g/mol. The molecule has 0 atom stereocenters. The van der Waals surface area contributed by atoms with Gasteiger partial charge in [-0.05, 0) is 37.1 Å². The third-order valence-corrected chi connectivity index (χ3v) is 4.63. The number of hydrogen-bond donors (Lipinski definition) is 0. The minimum Gasteiger partial charge on any atom is -0.289 e. The van der Waals surface area contributed by atoms with Gasteiger partial charge in [0.1, 0.15) is 0 Å². The van der Waals surface area contributed by atoms with Crippen molar-refractivity contribution in [2.75, 3.05) is 0 Å². The minimum atomic E-state index is -0.0367. The fraction of sp³-hybridized carbons (Fsp3) is 0.158. The highest BCUT2D eigenvalue weighted by atomic mass is 79.9. The molecule has 1 aliphatic rings. The Bertz CT molecular complexity index is 814. The zero-order valence-corrected chi connectivity index (χ0v) is 14.0. The van der Waals surface area contributed by atoms with Crippen LogP contribution in [0.1, 0.15) is 38.8 Å². The number of carbonyl (C=O) groups is 2. The summed E-state index contributed by atoms with van der Waals surface area (Å²) in [4.78, 5) is 25.4. The molecule has 0 heterocycles. The van der Waals surface area contributed by atoms with Crippen LogP contribution in [0.3, 0.4) is 0 Å². The first kappa shape index (κ1) is 14.9. The van der Waals surface area contributed by atoms with E-state index in [1.165, 1.54) is 0 Å². The van der Waals surface area contributed by atoms with Gasteiger partial charge in [0.2, 0.25) is 0 Å². The van der Waals surface area contributed by atoms with Gasteiger partial charge in [-0.15, -0.1) is 0 Å². The predicted molar refractivity (Wildman–Crippen MR) is 90.4 cm³/mol. The number of hydrogen-bond acceptors (Lipinski definition) is 2. The van der Waals surface area contributed by atoms with Crippen molar-refractivity contribution in [2.24, 2.45) is 0 Å². The van der Waals surface area contributed by atoms with E-state index in [2.05, 4.69) is 15.9 Å². The summed E-state index contributed by atoms with van der Waals surface area (Å²) in [7, 11) is 0. The van der Waals surface area contributed by atoms with Gasteiger partial charge in [-0.2, -0.15) is 0 Å². The van der Waals surface area contributed by atoms with Crippen molar-refractivity contribution in [3.63, 3.8) is 0 Å². The molecule has 110 valence electrons. The van der Waals surface area contributed by atoms with Crippen LogP contribution in [-0.2, 0) is 6.42 Å². The molecular weight excluding hydrogens is 340 g/mol. The lowest BCUT2D eigenvalue weighted by atomic mass is 9.80. The Morgan fingerprint density at radius 1 is 0.909 bits per heavy atom. The van der Waals surface area contributed by atoms with Crippen molar-refractivity contribution in [3.05, 3.63) is 80.3 Å². The second-order valence-corrected chi connectivity index (χ2v) is 6.48. The number of allylic oxidation sites excluding steroid dienone is 2.